The molecule has 0 aliphatic carbocycles. The van der Waals surface area contributed by atoms with Gasteiger partial charge in [-0.25, -0.2) is 4.39 Å². The normalized spacial score (nSPS) is 19.2. The summed E-state index contributed by atoms with van der Waals surface area (Å²) in [4.78, 5) is 2.33. The molecule has 2 N–H and O–H groups in total. The summed E-state index contributed by atoms with van der Waals surface area (Å²) in [5, 5.41) is 0. The van der Waals surface area contributed by atoms with Gasteiger partial charge in [0.15, 0.2) is 11.6 Å². The highest BCUT2D eigenvalue weighted by molar-refractivity contribution is 5.85. The molecule has 19 heavy (non-hydrogen) atoms. The van der Waals surface area contributed by atoms with Crippen molar-refractivity contribution in [1.82, 2.24) is 4.90 Å². The van der Waals surface area contributed by atoms with E-state index >= 15 is 0 Å². The number of hydrogen-bond donors (Lipinski definition) is 1. The summed E-state index contributed by atoms with van der Waals surface area (Å²) < 4.78 is 18.9. The van der Waals surface area contributed by atoms with Gasteiger partial charge in [0, 0.05) is 13.1 Å². The second-order valence-corrected chi connectivity index (χ2v) is 4.82. The minimum absolute atomic E-state index is 0. The lowest BCUT2D eigenvalue weighted by atomic mass is 10.1. The number of ether oxygens (including phenoxy) is 1. The third kappa shape index (κ3) is 4.34. The molecular formula is C14H22ClFN2O. The smallest absolute Gasteiger partial charge is 0.165 e. The van der Waals surface area contributed by atoms with Crippen molar-refractivity contribution in [2.24, 2.45) is 11.7 Å². The zero-order valence-corrected chi connectivity index (χ0v) is 12.1. The van der Waals surface area contributed by atoms with Crippen LogP contribution < -0.4 is 10.5 Å². The first-order valence-electron chi connectivity index (χ1n) is 6.56. The van der Waals surface area contributed by atoms with E-state index in [1.807, 2.05) is 13.0 Å². The van der Waals surface area contributed by atoms with E-state index in [0.29, 0.717) is 18.3 Å². The van der Waals surface area contributed by atoms with Crippen LogP contribution in [0.15, 0.2) is 18.2 Å². The second kappa shape index (κ2) is 7.68. The summed E-state index contributed by atoms with van der Waals surface area (Å²) in [6, 6.07) is 5.22. The molecule has 1 saturated heterocycles. The summed E-state index contributed by atoms with van der Waals surface area (Å²) in [7, 11) is 0. The van der Waals surface area contributed by atoms with Gasteiger partial charge >= 0.3 is 0 Å². The van der Waals surface area contributed by atoms with Crippen LogP contribution >= 0.6 is 12.4 Å². The van der Waals surface area contributed by atoms with Gasteiger partial charge in [-0.15, -0.1) is 12.4 Å². The number of hydrogen-bond acceptors (Lipinski definition) is 3. The van der Waals surface area contributed by atoms with Gasteiger partial charge in [0.25, 0.3) is 0 Å². The molecule has 1 fully saturated rings. The summed E-state index contributed by atoms with van der Waals surface area (Å²) in [6.45, 7) is 5.95. The largest absolute Gasteiger partial charge is 0.491 e. The first-order chi connectivity index (χ1) is 8.72. The van der Waals surface area contributed by atoms with Crippen LogP contribution in [0.2, 0.25) is 0 Å². The maximum atomic E-state index is 13.7. The number of likely N-dealkylation sites (tertiary alicyclic amines) is 1. The molecule has 1 atom stereocenters. The molecule has 0 saturated carbocycles. The molecule has 1 heterocycles. The Morgan fingerprint density at radius 2 is 2.26 bits per heavy atom. The van der Waals surface area contributed by atoms with Crippen LogP contribution in [0.4, 0.5) is 4.39 Å². The Hall–Kier alpha value is -0.840. The van der Waals surface area contributed by atoms with Crippen LogP contribution in [0.25, 0.3) is 0 Å². The molecule has 1 aliphatic rings. The maximum absolute atomic E-state index is 13.7. The molecule has 1 unspecified atom stereocenters. The lowest BCUT2D eigenvalue weighted by molar-refractivity contribution is 0.311. The highest BCUT2D eigenvalue weighted by atomic mass is 35.5. The van der Waals surface area contributed by atoms with Gasteiger partial charge in [0.05, 0.1) is 6.61 Å². The topological polar surface area (TPSA) is 38.5 Å². The summed E-state index contributed by atoms with van der Waals surface area (Å²) in [6.07, 6.45) is 1.15. The molecule has 1 aromatic rings. The third-order valence-corrected chi connectivity index (χ3v) is 3.41. The molecule has 3 nitrogen and oxygen atoms in total. The Morgan fingerprint density at radius 1 is 1.47 bits per heavy atom. The van der Waals surface area contributed by atoms with E-state index in [2.05, 4.69) is 4.90 Å². The average Bonchev–Trinajstić information content (AvgIpc) is 2.80. The Morgan fingerprint density at radius 3 is 2.84 bits per heavy atom. The molecule has 0 radical (unpaired) electrons. The number of halogens is 2. The van der Waals surface area contributed by atoms with Gasteiger partial charge < -0.3 is 10.5 Å². The Labute approximate surface area is 120 Å². The van der Waals surface area contributed by atoms with E-state index in [1.54, 1.807) is 12.1 Å². The van der Waals surface area contributed by atoms with Gasteiger partial charge in [0.2, 0.25) is 0 Å². The van der Waals surface area contributed by atoms with E-state index in [9.17, 15) is 4.39 Å². The van der Waals surface area contributed by atoms with Gasteiger partial charge in [-0.1, -0.05) is 6.07 Å². The molecular weight excluding hydrogens is 267 g/mol. The Kier molecular flexibility index (Phi) is 6.55. The minimum atomic E-state index is -0.274. The highest BCUT2D eigenvalue weighted by Gasteiger charge is 2.21. The molecule has 108 valence electrons. The standard InChI is InChI=1S/C14H21FN2O.ClH/c1-2-18-14-4-3-11(7-13(14)15)9-17-6-5-12(8-16)10-17;/h3-4,7,12H,2,5-6,8-10,16H2,1H3;1H. The quantitative estimate of drug-likeness (QED) is 0.904. The van der Waals surface area contributed by atoms with E-state index < -0.39 is 0 Å². The molecule has 2 rings (SSSR count). The third-order valence-electron chi connectivity index (χ3n) is 3.41. The first-order valence-corrected chi connectivity index (χ1v) is 6.56. The van der Waals surface area contributed by atoms with Crippen LogP contribution in [0, 0.1) is 11.7 Å². The van der Waals surface area contributed by atoms with Crippen molar-refractivity contribution < 1.29 is 9.13 Å². The van der Waals surface area contributed by atoms with Crippen molar-refractivity contribution >= 4 is 12.4 Å². The molecule has 0 bridgehead atoms. The lowest BCUT2D eigenvalue weighted by Crippen LogP contribution is -2.22. The highest BCUT2D eigenvalue weighted by Crippen LogP contribution is 2.22. The zero-order valence-electron chi connectivity index (χ0n) is 11.3. The fraction of sp³-hybridized carbons (Fsp3) is 0.571. The van der Waals surface area contributed by atoms with Gasteiger partial charge in [-0.2, -0.15) is 0 Å². The monoisotopic (exact) mass is 288 g/mol. The summed E-state index contributed by atoms with van der Waals surface area (Å²) in [5.74, 6) is 0.656. The lowest BCUT2D eigenvalue weighted by Gasteiger charge is -2.16. The molecule has 0 aromatic heterocycles. The number of benzene rings is 1. The number of nitrogens with two attached hydrogens (primary N) is 1. The fourth-order valence-electron chi connectivity index (χ4n) is 2.42. The van der Waals surface area contributed by atoms with Gasteiger partial charge in [0.1, 0.15) is 0 Å². The van der Waals surface area contributed by atoms with Crippen LogP contribution in [0.1, 0.15) is 18.9 Å². The van der Waals surface area contributed by atoms with Crippen LogP contribution in [-0.4, -0.2) is 31.1 Å². The van der Waals surface area contributed by atoms with Gasteiger partial charge in [-0.3, -0.25) is 4.90 Å². The van der Waals surface area contributed by atoms with Crippen molar-refractivity contribution in [3.63, 3.8) is 0 Å². The SMILES string of the molecule is CCOc1ccc(CN2CCC(CN)C2)cc1F.Cl. The summed E-state index contributed by atoms with van der Waals surface area (Å²) >= 11 is 0. The predicted molar refractivity (Wildman–Crippen MR) is 77.3 cm³/mol. The van der Waals surface area contributed by atoms with Crippen LogP contribution in [0.5, 0.6) is 5.75 Å². The summed E-state index contributed by atoms with van der Waals surface area (Å²) in [5.41, 5.74) is 6.66. The van der Waals surface area contributed by atoms with Crippen molar-refractivity contribution in [2.45, 2.75) is 19.9 Å². The second-order valence-electron chi connectivity index (χ2n) is 4.82. The van der Waals surface area contributed by atoms with Crippen molar-refractivity contribution in [3.05, 3.63) is 29.6 Å². The molecule has 1 aromatic carbocycles. The maximum Gasteiger partial charge on any atom is 0.165 e. The molecule has 0 amide bonds. The molecule has 5 heteroatoms. The van der Waals surface area contributed by atoms with Crippen molar-refractivity contribution in [1.29, 1.82) is 0 Å². The van der Waals surface area contributed by atoms with Crippen molar-refractivity contribution in [3.8, 4) is 5.75 Å². The molecule has 0 spiro atoms. The van der Waals surface area contributed by atoms with E-state index in [0.717, 1.165) is 38.2 Å². The van der Waals surface area contributed by atoms with Gasteiger partial charge in [-0.05, 0) is 50.0 Å². The van der Waals surface area contributed by atoms with Crippen LogP contribution in [0.3, 0.4) is 0 Å². The van der Waals surface area contributed by atoms with E-state index in [4.69, 9.17) is 10.5 Å². The minimum Gasteiger partial charge on any atom is -0.491 e. The average molecular weight is 289 g/mol. The van der Waals surface area contributed by atoms with E-state index in [-0.39, 0.29) is 18.2 Å². The zero-order chi connectivity index (χ0) is 13.0. The predicted octanol–water partition coefficient (Wildman–Crippen LogP) is 2.43. The fourth-order valence-corrected chi connectivity index (χ4v) is 2.42. The Bertz CT molecular complexity index is 403. The molecule has 1 aliphatic heterocycles. The number of nitrogens with zero attached hydrogens (tertiary/aromatic N) is 1. The first kappa shape index (κ1) is 16.2. The number of rotatable bonds is 5. The Balaban J connectivity index is 0.00000180. The van der Waals surface area contributed by atoms with E-state index in [1.165, 1.54) is 0 Å². The van der Waals surface area contributed by atoms with Crippen LogP contribution in [-0.2, 0) is 6.54 Å². The van der Waals surface area contributed by atoms with Crippen molar-refractivity contribution in [2.75, 3.05) is 26.2 Å².